The Morgan fingerprint density at radius 1 is 1.00 bits per heavy atom. The van der Waals surface area contributed by atoms with Gasteiger partial charge in [0, 0.05) is 27.5 Å². The SMILES string of the molecule is CC(=O)c1cccc(Nc2nc(C)cc(Nc3ccccc3Br)n2)c1. The number of aryl methyl sites for hydroxylation is 1. The fraction of sp³-hybridized carbons (Fsp3) is 0.105. The van der Waals surface area contributed by atoms with Gasteiger partial charge in [0.25, 0.3) is 0 Å². The number of hydrogen-bond acceptors (Lipinski definition) is 5. The van der Waals surface area contributed by atoms with E-state index < -0.39 is 0 Å². The van der Waals surface area contributed by atoms with Crippen molar-refractivity contribution in [3.05, 3.63) is 70.3 Å². The van der Waals surface area contributed by atoms with Crippen molar-refractivity contribution in [2.24, 2.45) is 0 Å². The van der Waals surface area contributed by atoms with Crippen molar-refractivity contribution < 1.29 is 4.79 Å². The van der Waals surface area contributed by atoms with E-state index in [-0.39, 0.29) is 5.78 Å². The van der Waals surface area contributed by atoms with Gasteiger partial charge < -0.3 is 10.6 Å². The molecule has 2 aromatic carbocycles. The lowest BCUT2D eigenvalue weighted by atomic mass is 10.1. The second-order valence-corrected chi connectivity index (χ2v) is 6.44. The number of aromatic nitrogens is 2. The molecule has 126 valence electrons. The molecule has 0 fully saturated rings. The highest BCUT2D eigenvalue weighted by atomic mass is 79.9. The smallest absolute Gasteiger partial charge is 0.229 e. The van der Waals surface area contributed by atoms with Crippen molar-refractivity contribution in [3.8, 4) is 0 Å². The third-order valence-electron chi connectivity index (χ3n) is 3.52. The lowest BCUT2D eigenvalue weighted by Gasteiger charge is -2.11. The molecule has 0 amide bonds. The number of nitrogens with one attached hydrogen (secondary N) is 2. The molecule has 0 spiro atoms. The summed E-state index contributed by atoms with van der Waals surface area (Å²) in [4.78, 5) is 20.4. The van der Waals surface area contributed by atoms with Gasteiger partial charge in [0.2, 0.25) is 5.95 Å². The van der Waals surface area contributed by atoms with Crippen LogP contribution in [0, 0.1) is 6.92 Å². The normalized spacial score (nSPS) is 10.4. The van der Waals surface area contributed by atoms with E-state index in [9.17, 15) is 4.79 Å². The zero-order valence-electron chi connectivity index (χ0n) is 13.9. The van der Waals surface area contributed by atoms with Crippen LogP contribution in [0.4, 0.5) is 23.1 Å². The Bertz CT molecular complexity index is 927. The molecule has 0 aliphatic rings. The molecule has 2 N–H and O–H groups in total. The zero-order valence-corrected chi connectivity index (χ0v) is 15.5. The number of rotatable bonds is 5. The summed E-state index contributed by atoms with van der Waals surface area (Å²) in [5, 5.41) is 6.43. The van der Waals surface area contributed by atoms with E-state index in [1.807, 2.05) is 49.4 Å². The van der Waals surface area contributed by atoms with Crippen molar-refractivity contribution in [3.63, 3.8) is 0 Å². The third-order valence-corrected chi connectivity index (χ3v) is 4.21. The van der Waals surface area contributed by atoms with Gasteiger partial charge in [-0.3, -0.25) is 4.79 Å². The summed E-state index contributed by atoms with van der Waals surface area (Å²) in [5.74, 6) is 1.17. The van der Waals surface area contributed by atoms with Crippen LogP contribution in [-0.2, 0) is 0 Å². The first-order valence-electron chi connectivity index (χ1n) is 7.76. The lowest BCUT2D eigenvalue weighted by molar-refractivity contribution is 0.101. The largest absolute Gasteiger partial charge is 0.339 e. The van der Waals surface area contributed by atoms with E-state index in [4.69, 9.17) is 0 Å². The van der Waals surface area contributed by atoms with Gasteiger partial charge in [0.15, 0.2) is 5.78 Å². The first-order valence-corrected chi connectivity index (χ1v) is 8.56. The molecule has 1 heterocycles. The summed E-state index contributed by atoms with van der Waals surface area (Å²) in [6.45, 7) is 3.45. The number of nitrogens with zero attached hydrogens (tertiary/aromatic N) is 2. The summed E-state index contributed by atoms with van der Waals surface area (Å²) in [6.07, 6.45) is 0. The highest BCUT2D eigenvalue weighted by molar-refractivity contribution is 9.10. The molecule has 3 aromatic rings. The molecule has 0 atom stereocenters. The topological polar surface area (TPSA) is 66.9 Å². The predicted molar refractivity (Wildman–Crippen MR) is 104 cm³/mol. The minimum Gasteiger partial charge on any atom is -0.339 e. The fourth-order valence-corrected chi connectivity index (χ4v) is 2.72. The van der Waals surface area contributed by atoms with Gasteiger partial charge in [-0.2, -0.15) is 4.98 Å². The molecule has 6 heteroatoms. The second-order valence-electron chi connectivity index (χ2n) is 5.59. The zero-order chi connectivity index (χ0) is 17.8. The average Bonchev–Trinajstić information content (AvgIpc) is 2.57. The molecule has 0 radical (unpaired) electrons. The number of ketones is 1. The van der Waals surface area contributed by atoms with Crippen molar-refractivity contribution in [2.75, 3.05) is 10.6 Å². The number of carbonyl (C=O) groups excluding carboxylic acids is 1. The van der Waals surface area contributed by atoms with Crippen LogP contribution in [0.15, 0.2) is 59.1 Å². The van der Waals surface area contributed by atoms with Gasteiger partial charge in [-0.25, -0.2) is 4.98 Å². The molecule has 0 unspecified atom stereocenters. The van der Waals surface area contributed by atoms with Crippen molar-refractivity contribution >= 4 is 44.9 Å². The van der Waals surface area contributed by atoms with E-state index in [0.717, 1.165) is 21.5 Å². The second kappa shape index (κ2) is 7.44. The Balaban J connectivity index is 1.86. The minimum absolute atomic E-state index is 0.0186. The number of para-hydroxylation sites is 1. The van der Waals surface area contributed by atoms with Crippen LogP contribution in [0.2, 0.25) is 0 Å². The highest BCUT2D eigenvalue weighted by Crippen LogP contribution is 2.25. The first kappa shape index (κ1) is 17.1. The summed E-state index contributed by atoms with van der Waals surface area (Å²) in [7, 11) is 0. The Labute approximate surface area is 154 Å². The van der Waals surface area contributed by atoms with Gasteiger partial charge in [0.05, 0.1) is 5.69 Å². The molecule has 25 heavy (non-hydrogen) atoms. The number of benzene rings is 2. The molecular weight excluding hydrogens is 380 g/mol. The first-order chi connectivity index (χ1) is 12.0. The molecule has 0 bridgehead atoms. The van der Waals surface area contributed by atoms with Crippen LogP contribution >= 0.6 is 15.9 Å². The van der Waals surface area contributed by atoms with Gasteiger partial charge >= 0.3 is 0 Å². The maximum atomic E-state index is 11.5. The number of anilines is 4. The van der Waals surface area contributed by atoms with E-state index >= 15 is 0 Å². The molecule has 0 aliphatic heterocycles. The van der Waals surface area contributed by atoms with E-state index in [1.165, 1.54) is 0 Å². The van der Waals surface area contributed by atoms with Crippen LogP contribution in [0.3, 0.4) is 0 Å². The summed E-state index contributed by atoms with van der Waals surface area (Å²) in [6, 6.07) is 17.0. The van der Waals surface area contributed by atoms with Crippen molar-refractivity contribution in [1.82, 2.24) is 9.97 Å². The molecule has 3 rings (SSSR count). The van der Waals surface area contributed by atoms with Gasteiger partial charge in [0.1, 0.15) is 5.82 Å². The number of Topliss-reactive ketones (excluding diaryl/α,β-unsaturated/α-hetero) is 1. The average molecular weight is 397 g/mol. The molecule has 5 nitrogen and oxygen atoms in total. The maximum absolute atomic E-state index is 11.5. The van der Waals surface area contributed by atoms with Gasteiger partial charge in [-0.05, 0) is 54.0 Å². The molecule has 0 saturated carbocycles. The van der Waals surface area contributed by atoms with Gasteiger partial charge in [-0.15, -0.1) is 0 Å². The maximum Gasteiger partial charge on any atom is 0.229 e. The third kappa shape index (κ3) is 4.42. The lowest BCUT2D eigenvalue weighted by Crippen LogP contribution is -2.03. The highest BCUT2D eigenvalue weighted by Gasteiger charge is 2.06. The van der Waals surface area contributed by atoms with E-state index in [2.05, 4.69) is 36.5 Å². The standard InChI is InChI=1S/C19H17BrN4O/c1-12-10-18(23-17-9-4-3-8-16(17)20)24-19(21-12)22-15-7-5-6-14(11-15)13(2)25/h3-11H,1-2H3,(H2,21,22,23,24). The van der Waals surface area contributed by atoms with Crippen LogP contribution in [0.1, 0.15) is 23.0 Å². The minimum atomic E-state index is 0.0186. The van der Waals surface area contributed by atoms with Crippen molar-refractivity contribution in [1.29, 1.82) is 0 Å². The Morgan fingerprint density at radius 3 is 2.56 bits per heavy atom. The monoisotopic (exact) mass is 396 g/mol. The number of hydrogen-bond donors (Lipinski definition) is 2. The molecule has 0 saturated heterocycles. The Morgan fingerprint density at radius 2 is 1.80 bits per heavy atom. The molecule has 1 aromatic heterocycles. The summed E-state index contributed by atoms with van der Waals surface area (Å²) >= 11 is 3.51. The quantitative estimate of drug-likeness (QED) is 0.577. The molecule has 0 aliphatic carbocycles. The van der Waals surface area contributed by atoms with E-state index in [0.29, 0.717) is 17.3 Å². The number of carbonyl (C=O) groups is 1. The summed E-state index contributed by atoms with van der Waals surface area (Å²) in [5.41, 5.74) is 3.16. The van der Waals surface area contributed by atoms with E-state index in [1.54, 1.807) is 19.1 Å². The molecular formula is C19H17BrN4O. The Kier molecular flexibility index (Phi) is 5.09. The fourth-order valence-electron chi connectivity index (χ4n) is 2.33. The van der Waals surface area contributed by atoms with Crippen LogP contribution in [0.25, 0.3) is 0 Å². The number of halogens is 1. The Hall–Kier alpha value is -2.73. The van der Waals surface area contributed by atoms with Crippen LogP contribution in [-0.4, -0.2) is 15.8 Å². The van der Waals surface area contributed by atoms with Crippen LogP contribution < -0.4 is 10.6 Å². The van der Waals surface area contributed by atoms with Crippen LogP contribution in [0.5, 0.6) is 0 Å². The van der Waals surface area contributed by atoms with Gasteiger partial charge in [-0.1, -0.05) is 24.3 Å². The van der Waals surface area contributed by atoms with Crippen molar-refractivity contribution in [2.45, 2.75) is 13.8 Å². The predicted octanol–water partition coefficient (Wildman–Crippen LogP) is 5.24. The summed E-state index contributed by atoms with van der Waals surface area (Å²) < 4.78 is 0.954.